The van der Waals surface area contributed by atoms with Crippen molar-refractivity contribution in [2.45, 2.75) is 20.8 Å². The van der Waals surface area contributed by atoms with Gasteiger partial charge in [0.1, 0.15) is 0 Å². The van der Waals surface area contributed by atoms with E-state index >= 15 is 0 Å². The van der Waals surface area contributed by atoms with Crippen LogP contribution in [-0.2, 0) is 4.79 Å². The van der Waals surface area contributed by atoms with Crippen molar-refractivity contribution in [2.24, 2.45) is 0 Å². The highest BCUT2D eigenvalue weighted by Crippen LogP contribution is 2.22. The number of amides is 1. The van der Waals surface area contributed by atoms with Gasteiger partial charge in [0.2, 0.25) is 5.91 Å². The molecule has 0 spiro atoms. The van der Waals surface area contributed by atoms with Crippen LogP contribution in [0.15, 0.2) is 17.6 Å². The lowest BCUT2D eigenvalue weighted by atomic mass is 10.1. The highest BCUT2D eigenvalue weighted by Gasteiger charge is 2.23. The second-order valence-corrected chi connectivity index (χ2v) is 7.01. The number of nitrogens with zero attached hydrogens (tertiary/aromatic N) is 4. The van der Waals surface area contributed by atoms with E-state index in [1.807, 2.05) is 34.8 Å². The van der Waals surface area contributed by atoms with Gasteiger partial charge in [0, 0.05) is 61.6 Å². The van der Waals surface area contributed by atoms with Crippen molar-refractivity contribution in [2.75, 3.05) is 32.7 Å². The Bertz CT molecular complexity index is 743. The first-order valence-corrected chi connectivity index (χ1v) is 8.95. The van der Waals surface area contributed by atoms with Crippen LogP contribution in [0.25, 0.3) is 5.13 Å². The van der Waals surface area contributed by atoms with Crippen molar-refractivity contribution < 1.29 is 9.59 Å². The predicted molar refractivity (Wildman–Crippen MR) is 93.9 cm³/mol. The number of rotatable bonds is 4. The number of aryl methyl sites for hydroxylation is 1. The molecule has 0 N–H and O–H groups in total. The van der Waals surface area contributed by atoms with E-state index in [4.69, 9.17) is 0 Å². The third kappa shape index (κ3) is 3.27. The Labute approximate surface area is 145 Å². The summed E-state index contributed by atoms with van der Waals surface area (Å²) in [4.78, 5) is 32.4. The zero-order valence-corrected chi connectivity index (χ0v) is 15.1. The molecule has 2 aromatic heterocycles. The first kappa shape index (κ1) is 16.9. The molecule has 0 saturated carbocycles. The molecule has 128 valence electrons. The summed E-state index contributed by atoms with van der Waals surface area (Å²) in [5.41, 5.74) is 2.72. The van der Waals surface area contributed by atoms with E-state index in [-0.39, 0.29) is 11.7 Å². The second kappa shape index (κ2) is 6.86. The lowest BCUT2D eigenvalue weighted by Gasteiger charge is -2.33. The van der Waals surface area contributed by atoms with Crippen LogP contribution < -0.4 is 0 Å². The Morgan fingerprint density at radius 3 is 2.50 bits per heavy atom. The van der Waals surface area contributed by atoms with E-state index in [0.29, 0.717) is 19.6 Å². The van der Waals surface area contributed by atoms with Crippen LogP contribution in [0, 0.1) is 13.8 Å². The number of hydrogen-bond acceptors (Lipinski definition) is 5. The van der Waals surface area contributed by atoms with Crippen molar-refractivity contribution in [1.82, 2.24) is 19.4 Å². The highest BCUT2D eigenvalue weighted by atomic mass is 32.1. The number of hydrogen-bond donors (Lipinski definition) is 0. The van der Waals surface area contributed by atoms with Crippen molar-refractivity contribution >= 4 is 23.0 Å². The Kier molecular flexibility index (Phi) is 4.82. The maximum atomic E-state index is 12.7. The molecule has 0 aromatic carbocycles. The molecule has 1 fully saturated rings. The van der Waals surface area contributed by atoms with Gasteiger partial charge in [-0.1, -0.05) is 0 Å². The first-order chi connectivity index (χ1) is 11.5. The number of thiazole rings is 1. The van der Waals surface area contributed by atoms with Gasteiger partial charge in [-0.2, -0.15) is 0 Å². The Morgan fingerprint density at radius 1 is 1.21 bits per heavy atom. The summed E-state index contributed by atoms with van der Waals surface area (Å²) >= 11 is 1.56. The molecule has 1 saturated heterocycles. The van der Waals surface area contributed by atoms with Gasteiger partial charge in [0.25, 0.3) is 0 Å². The molecular weight excluding hydrogens is 324 g/mol. The normalized spacial score (nSPS) is 15.7. The summed E-state index contributed by atoms with van der Waals surface area (Å²) in [5, 5.41) is 2.82. The summed E-state index contributed by atoms with van der Waals surface area (Å²) in [5.74, 6) is 0.232. The summed E-state index contributed by atoms with van der Waals surface area (Å²) in [7, 11) is 0. The summed E-state index contributed by atoms with van der Waals surface area (Å²) < 4.78 is 2.03. The van der Waals surface area contributed by atoms with E-state index in [1.165, 1.54) is 0 Å². The molecule has 7 heteroatoms. The largest absolute Gasteiger partial charge is 0.340 e. The van der Waals surface area contributed by atoms with Crippen LogP contribution in [0.3, 0.4) is 0 Å². The molecule has 0 unspecified atom stereocenters. The quantitative estimate of drug-likeness (QED) is 0.794. The van der Waals surface area contributed by atoms with E-state index in [2.05, 4.69) is 9.88 Å². The third-order valence-electron chi connectivity index (χ3n) is 4.53. The molecule has 1 aliphatic rings. The fourth-order valence-corrected chi connectivity index (χ4v) is 3.93. The molecule has 0 bridgehead atoms. The zero-order valence-electron chi connectivity index (χ0n) is 14.3. The third-order valence-corrected chi connectivity index (χ3v) is 5.28. The van der Waals surface area contributed by atoms with Crippen molar-refractivity contribution in [1.29, 1.82) is 0 Å². The van der Waals surface area contributed by atoms with Crippen molar-refractivity contribution in [3.8, 4) is 5.13 Å². The molecule has 24 heavy (non-hydrogen) atoms. The van der Waals surface area contributed by atoms with Crippen LogP contribution in [0.4, 0.5) is 0 Å². The van der Waals surface area contributed by atoms with Crippen LogP contribution in [0.5, 0.6) is 0 Å². The maximum Gasteiger partial charge on any atom is 0.219 e. The molecule has 0 atom stereocenters. The lowest BCUT2D eigenvalue weighted by Crippen LogP contribution is -2.49. The van der Waals surface area contributed by atoms with Gasteiger partial charge in [-0.15, -0.1) is 11.3 Å². The molecule has 0 radical (unpaired) electrons. The van der Waals surface area contributed by atoms with Gasteiger partial charge in [-0.05, 0) is 19.9 Å². The topological polar surface area (TPSA) is 58.4 Å². The summed E-state index contributed by atoms with van der Waals surface area (Å²) in [6.45, 7) is 8.84. The van der Waals surface area contributed by atoms with Gasteiger partial charge in [0.05, 0.1) is 6.54 Å². The number of piperazine rings is 1. The first-order valence-electron chi connectivity index (χ1n) is 8.07. The molecule has 2 aromatic rings. The van der Waals surface area contributed by atoms with Gasteiger partial charge in [-0.25, -0.2) is 4.98 Å². The van der Waals surface area contributed by atoms with E-state index in [0.717, 1.165) is 35.2 Å². The minimum absolute atomic E-state index is 0.105. The molecule has 3 rings (SSSR count). The minimum Gasteiger partial charge on any atom is -0.340 e. The molecular formula is C17H22N4O2S. The zero-order chi connectivity index (χ0) is 17.3. The number of carbonyl (C=O) groups is 2. The number of aromatic nitrogens is 2. The van der Waals surface area contributed by atoms with Crippen molar-refractivity contribution in [3.63, 3.8) is 0 Å². The minimum atomic E-state index is 0.105. The molecule has 1 aliphatic heterocycles. The number of Topliss-reactive ketones (excluding diaryl/α,β-unsaturated/α-hetero) is 1. The second-order valence-electron chi connectivity index (χ2n) is 6.14. The van der Waals surface area contributed by atoms with Crippen LogP contribution >= 0.6 is 11.3 Å². The highest BCUT2D eigenvalue weighted by molar-refractivity contribution is 7.12. The average molecular weight is 346 g/mol. The van der Waals surface area contributed by atoms with E-state index in [1.54, 1.807) is 24.5 Å². The molecule has 6 nitrogen and oxygen atoms in total. The fraction of sp³-hybridized carbons (Fsp3) is 0.471. The maximum absolute atomic E-state index is 12.7. The summed E-state index contributed by atoms with van der Waals surface area (Å²) in [6.07, 6.45) is 1.77. The molecule has 3 heterocycles. The van der Waals surface area contributed by atoms with Gasteiger partial charge < -0.3 is 4.90 Å². The fourth-order valence-electron chi connectivity index (χ4n) is 3.17. The van der Waals surface area contributed by atoms with Crippen LogP contribution in [0.2, 0.25) is 0 Å². The van der Waals surface area contributed by atoms with Gasteiger partial charge in [0.15, 0.2) is 10.9 Å². The van der Waals surface area contributed by atoms with Crippen LogP contribution in [0.1, 0.15) is 28.7 Å². The van der Waals surface area contributed by atoms with Crippen LogP contribution in [-0.4, -0.2) is 63.8 Å². The van der Waals surface area contributed by atoms with Crippen molar-refractivity contribution in [3.05, 3.63) is 34.6 Å². The lowest BCUT2D eigenvalue weighted by molar-refractivity contribution is -0.130. The van der Waals surface area contributed by atoms with Gasteiger partial charge in [-0.3, -0.25) is 19.1 Å². The smallest absolute Gasteiger partial charge is 0.219 e. The number of ketones is 1. The summed E-state index contributed by atoms with van der Waals surface area (Å²) in [6, 6.07) is 1.95. The monoisotopic (exact) mass is 346 g/mol. The van der Waals surface area contributed by atoms with Gasteiger partial charge >= 0.3 is 0 Å². The van der Waals surface area contributed by atoms with E-state index in [9.17, 15) is 9.59 Å². The molecule has 1 amide bonds. The Balaban J connectivity index is 1.70. The standard InChI is InChI=1S/C17H22N4O2S/c1-12-10-15(13(2)21(12)17-18-4-9-24-17)16(23)11-19-5-7-20(8-6-19)14(3)22/h4,9-10H,5-8,11H2,1-3H3. The Morgan fingerprint density at radius 2 is 1.92 bits per heavy atom. The average Bonchev–Trinajstić information content (AvgIpc) is 3.15. The Hall–Kier alpha value is -1.99. The molecule has 0 aliphatic carbocycles. The number of carbonyl (C=O) groups excluding carboxylic acids is 2. The SMILES string of the molecule is CC(=O)N1CCN(CC(=O)c2cc(C)n(-c3nccs3)c2C)CC1. The predicted octanol–water partition coefficient (Wildman–Crippen LogP) is 1.90. The van der Waals surface area contributed by atoms with E-state index < -0.39 is 0 Å².